The van der Waals surface area contributed by atoms with E-state index in [1.54, 1.807) is 0 Å². The van der Waals surface area contributed by atoms with Gasteiger partial charge in [-0.1, -0.05) is 246 Å². The van der Waals surface area contributed by atoms with Crippen molar-refractivity contribution in [3.05, 3.63) is 97.2 Å². The minimum Gasteiger partial charge on any atom is -0.462 e. The first-order chi connectivity index (χ1) is 35.0. The number of ether oxygens (including phenoxy) is 3. The summed E-state index contributed by atoms with van der Waals surface area (Å²) in [6.07, 6.45) is 78.2. The second-order valence-corrected chi connectivity index (χ2v) is 19.6. The van der Waals surface area contributed by atoms with E-state index in [9.17, 15) is 14.4 Å². The lowest BCUT2D eigenvalue weighted by Crippen LogP contribution is -2.30. The SMILES string of the molecule is CC/C=C\C/C=C\C/C=C\C/C=C\CCCCCCCCC(=O)OCC(COC(=O)CCCCCCC/C=C\CCCCCCCCC)OC(=O)CCCCCCC\C=C/C=C\C=C/CCCCCCC. The van der Waals surface area contributed by atoms with Crippen LogP contribution in [0.3, 0.4) is 0 Å². The zero-order chi connectivity index (χ0) is 51.4. The van der Waals surface area contributed by atoms with Gasteiger partial charge in [-0.25, -0.2) is 0 Å². The molecule has 0 heterocycles. The van der Waals surface area contributed by atoms with Crippen molar-refractivity contribution >= 4 is 17.9 Å². The van der Waals surface area contributed by atoms with Crippen LogP contribution in [0.2, 0.25) is 0 Å². The van der Waals surface area contributed by atoms with Gasteiger partial charge >= 0.3 is 17.9 Å². The van der Waals surface area contributed by atoms with E-state index in [0.717, 1.165) is 128 Å². The maximum absolute atomic E-state index is 12.9. The predicted octanol–water partition coefficient (Wildman–Crippen LogP) is 20.1. The molecule has 0 spiro atoms. The summed E-state index contributed by atoms with van der Waals surface area (Å²) in [5.74, 6) is -0.932. The summed E-state index contributed by atoms with van der Waals surface area (Å²) < 4.78 is 16.9. The van der Waals surface area contributed by atoms with E-state index in [0.29, 0.717) is 19.3 Å². The van der Waals surface area contributed by atoms with Crippen molar-refractivity contribution in [2.75, 3.05) is 13.2 Å². The summed E-state index contributed by atoms with van der Waals surface area (Å²) in [7, 11) is 0. The van der Waals surface area contributed by atoms with Crippen molar-refractivity contribution in [2.45, 2.75) is 284 Å². The molecule has 406 valence electrons. The molecule has 0 radical (unpaired) electrons. The van der Waals surface area contributed by atoms with E-state index in [4.69, 9.17) is 14.2 Å². The van der Waals surface area contributed by atoms with Crippen molar-refractivity contribution < 1.29 is 28.6 Å². The Morgan fingerprint density at radius 3 is 0.986 bits per heavy atom. The average molecular weight is 988 g/mol. The third-order valence-electron chi connectivity index (χ3n) is 12.6. The highest BCUT2D eigenvalue weighted by atomic mass is 16.6. The minimum absolute atomic E-state index is 0.0952. The van der Waals surface area contributed by atoms with Crippen LogP contribution in [0.5, 0.6) is 0 Å². The number of esters is 3. The molecule has 0 rings (SSSR count). The Balaban J connectivity index is 4.47. The number of hydrogen-bond acceptors (Lipinski definition) is 6. The molecular formula is C65H110O6. The van der Waals surface area contributed by atoms with Crippen LogP contribution in [0, 0.1) is 0 Å². The Hall–Kier alpha value is -3.67. The first kappa shape index (κ1) is 67.3. The topological polar surface area (TPSA) is 78.9 Å². The summed E-state index contributed by atoms with van der Waals surface area (Å²) in [6.45, 7) is 6.49. The maximum Gasteiger partial charge on any atom is 0.306 e. The standard InChI is InChI=1S/C65H110O6/c1-4-7-10-13-16-19-22-25-28-31-33-35-37-40-43-46-49-52-55-58-64(67)70-61-62(60-69-63(66)57-54-51-48-45-42-39-36-30-27-24-21-18-15-12-9-6-3)71-65(68)59-56-53-50-47-44-41-38-34-32-29-26-23-20-17-14-11-8-5-2/h7,10,16,19,23,25-26,28-30,32-36,38,62H,4-6,8-9,11-15,17-18,20-22,24,27,31,37,39-61H2,1-3H3/b10-7-,19-16-,26-23-,28-25-,32-29-,35-33-,36-30-,38-34-. The van der Waals surface area contributed by atoms with Crippen LogP contribution in [0.15, 0.2) is 97.2 Å². The second-order valence-electron chi connectivity index (χ2n) is 19.6. The van der Waals surface area contributed by atoms with Crippen molar-refractivity contribution in [3.63, 3.8) is 0 Å². The van der Waals surface area contributed by atoms with Gasteiger partial charge in [0.1, 0.15) is 13.2 Å². The largest absolute Gasteiger partial charge is 0.462 e. The van der Waals surface area contributed by atoms with Gasteiger partial charge in [0, 0.05) is 19.3 Å². The molecule has 0 aromatic heterocycles. The summed E-state index contributed by atoms with van der Waals surface area (Å²) in [6, 6.07) is 0. The molecule has 0 saturated carbocycles. The van der Waals surface area contributed by atoms with E-state index in [1.165, 1.54) is 109 Å². The highest BCUT2D eigenvalue weighted by Gasteiger charge is 2.19. The Labute approximate surface area is 438 Å². The quantitative estimate of drug-likeness (QED) is 0.0199. The van der Waals surface area contributed by atoms with E-state index in [2.05, 4.69) is 118 Å². The molecule has 6 heteroatoms. The molecule has 0 aromatic rings. The molecule has 0 bridgehead atoms. The fourth-order valence-corrected chi connectivity index (χ4v) is 8.14. The van der Waals surface area contributed by atoms with Gasteiger partial charge in [-0.2, -0.15) is 0 Å². The lowest BCUT2D eigenvalue weighted by atomic mass is 10.1. The van der Waals surface area contributed by atoms with Crippen molar-refractivity contribution in [1.82, 2.24) is 0 Å². The number of carbonyl (C=O) groups is 3. The van der Waals surface area contributed by atoms with Crippen LogP contribution in [-0.2, 0) is 28.6 Å². The van der Waals surface area contributed by atoms with Crippen LogP contribution in [-0.4, -0.2) is 37.2 Å². The first-order valence-electron chi connectivity index (χ1n) is 29.8. The smallest absolute Gasteiger partial charge is 0.306 e. The number of unbranched alkanes of at least 4 members (excludes halogenated alkanes) is 28. The lowest BCUT2D eigenvalue weighted by Gasteiger charge is -2.18. The molecule has 71 heavy (non-hydrogen) atoms. The van der Waals surface area contributed by atoms with Crippen LogP contribution >= 0.6 is 0 Å². The van der Waals surface area contributed by atoms with Gasteiger partial charge in [-0.05, 0) is 109 Å². The van der Waals surface area contributed by atoms with Crippen molar-refractivity contribution in [3.8, 4) is 0 Å². The average Bonchev–Trinajstić information content (AvgIpc) is 3.37. The summed E-state index contributed by atoms with van der Waals surface area (Å²) in [5, 5.41) is 0. The molecule has 0 aliphatic heterocycles. The van der Waals surface area contributed by atoms with E-state index in [1.807, 2.05) is 0 Å². The van der Waals surface area contributed by atoms with Gasteiger partial charge in [0.25, 0.3) is 0 Å². The van der Waals surface area contributed by atoms with Crippen LogP contribution in [0.25, 0.3) is 0 Å². The molecule has 0 aliphatic carbocycles. The predicted molar refractivity (Wildman–Crippen MR) is 307 cm³/mol. The third-order valence-corrected chi connectivity index (χ3v) is 12.6. The third kappa shape index (κ3) is 57.1. The maximum atomic E-state index is 12.9. The van der Waals surface area contributed by atoms with Crippen molar-refractivity contribution in [2.24, 2.45) is 0 Å². The van der Waals surface area contributed by atoms with Crippen LogP contribution in [0.4, 0.5) is 0 Å². The fraction of sp³-hybridized carbons (Fsp3) is 0.708. The normalized spacial score (nSPS) is 12.8. The Morgan fingerprint density at radius 1 is 0.310 bits per heavy atom. The summed E-state index contributed by atoms with van der Waals surface area (Å²) >= 11 is 0. The molecule has 0 aromatic carbocycles. The first-order valence-corrected chi connectivity index (χ1v) is 29.8. The molecule has 6 nitrogen and oxygen atoms in total. The number of allylic oxidation sites excluding steroid dienone is 16. The second kappa shape index (κ2) is 58.9. The molecule has 1 unspecified atom stereocenters. The monoisotopic (exact) mass is 987 g/mol. The lowest BCUT2D eigenvalue weighted by molar-refractivity contribution is -0.167. The zero-order valence-electron chi connectivity index (χ0n) is 46.5. The Bertz CT molecular complexity index is 1410. The van der Waals surface area contributed by atoms with Gasteiger partial charge in [-0.15, -0.1) is 0 Å². The van der Waals surface area contributed by atoms with Crippen molar-refractivity contribution in [1.29, 1.82) is 0 Å². The molecule has 0 fully saturated rings. The highest BCUT2D eigenvalue weighted by molar-refractivity contribution is 5.71. The molecule has 0 N–H and O–H groups in total. The molecular weight excluding hydrogens is 877 g/mol. The summed E-state index contributed by atoms with van der Waals surface area (Å²) in [4.78, 5) is 38.2. The molecule has 0 saturated heterocycles. The number of hydrogen-bond donors (Lipinski definition) is 0. The Kier molecular flexibility index (Phi) is 55.9. The molecule has 0 amide bonds. The number of carbonyl (C=O) groups excluding carboxylic acids is 3. The molecule has 1 atom stereocenters. The van der Waals surface area contributed by atoms with Gasteiger partial charge < -0.3 is 14.2 Å². The van der Waals surface area contributed by atoms with Gasteiger partial charge in [0.2, 0.25) is 0 Å². The van der Waals surface area contributed by atoms with E-state index in [-0.39, 0.29) is 31.1 Å². The minimum atomic E-state index is -0.800. The number of rotatable bonds is 53. The fourth-order valence-electron chi connectivity index (χ4n) is 8.14. The summed E-state index contributed by atoms with van der Waals surface area (Å²) in [5.41, 5.74) is 0. The molecule has 0 aliphatic rings. The van der Waals surface area contributed by atoms with E-state index >= 15 is 0 Å². The van der Waals surface area contributed by atoms with Gasteiger partial charge in [0.05, 0.1) is 0 Å². The van der Waals surface area contributed by atoms with Crippen LogP contribution in [0.1, 0.15) is 278 Å². The van der Waals surface area contributed by atoms with Crippen LogP contribution < -0.4 is 0 Å². The highest BCUT2D eigenvalue weighted by Crippen LogP contribution is 2.14. The zero-order valence-corrected chi connectivity index (χ0v) is 46.5. The van der Waals surface area contributed by atoms with Gasteiger partial charge in [-0.3, -0.25) is 14.4 Å². The van der Waals surface area contributed by atoms with Gasteiger partial charge in [0.15, 0.2) is 6.10 Å². The van der Waals surface area contributed by atoms with E-state index < -0.39 is 6.10 Å². The Morgan fingerprint density at radius 2 is 0.606 bits per heavy atom.